The molecule has 2 aromatic carbocycles. The molecule has 29 heavy (non-hydrogen) atoms. The van der Waals surface area contributed by atoms with Crippen molar-refractivity contribution in [2.45, 2.75) is 9.96 Å². The minimum absolute atomic E-state index is 0.00752. The highest BCUT2D eigenvalue weighted by Crippen LogP contribution is 2.41. The minimum atomic E-state index is -0.284. The van der Waals surface area contributed by atoms with Gasteiger partial charge in [-0.3, -0.25) is 9.78 Å². The number of phenolic OH excluding ortho intramolecular Hbond substituents is 1. The Morgan fingerprint density at radius 1 is 1.17 bits per heavy atom. The third-order valence-electron chi connectivity index (χ3n) is 4.44. The number of nitrogens with zero attached hydrogens (tertiary/aromatic N) is 2. The van der Waals surface area contributed by atoms with Crippen molar-refractivity contribution < 1.29 is 9.90 Å². The Morgan fingerprint density at radius 3 is 2.72 bits per heavy atom. The molecule has 0 fully saturated rings. The van der Waals surface area contributed by atoms with Gasteiger partial charge in [0.1, 0.15) is 27.8 Å². The van der Waals surface area contributed by atoms with E-state index < -0.39 is 0 Å². The Labute approximate surface area is 175 Å². The molecule has 0 amide bonds. The number of hydrogen-bond acceptors (Lipinski definition) is 7. The third kappa shape index (κ3) is 3.56. The molecule has 4 rings (SSSR count). The molecule has 142 valence electrons. The van der Waals surface area contributed by atoms with E-state index in [2.05, 4.69) is 11.1 Å². The van der Waals surface area contributed by atoms with Crippen molar-refractivity contribution in [1.82, 2.24) is 4.98 Å². The first kappa shape index (κ1) is 19.0. The Bertz CT molecular complexity index is 1260. The van der Waals surface area contributed by atoms with Crippen LogP contribution in [-0.4, -0.2) is 15.9 Å². The number of carbonyl (C=O) groups excluding carboxylic acids is 1. The van der Waals surface area contributed by atoms with E-state index in [9.17, 15) is 15.2 Å². The van der Waals surface area contributed by atoms with E-state index in [1.54, 1.807) is 24.4 Å². The van der Waals surface area contributed by atoms with Gasteiger partial charge in [0, 0.05) is 22.9 Å². The van der Waals surface area contributed by atoms with Crippen molar-refractivity contribution in [3.8, 4) is 11.8 Å². The number of ketones is 1. The lowest BCUT2D eigenvalue weighted by Gasteiger charge is -2.06. The molecule has 3 N–H and O–H groups in total. The van der Waals surface area contributed by atoms with Crippen LogP contribution in [0.5, 0.6) is 5.75 Å². The first-order chi connectivity index (χ1) is 14.1. The summed E-state index contributed by atoms with van der Waals surface area (Å²) in [5.41, 5.74) is 8.58. The number of aromatic nitrogens is 1. The summed E-state index contributed by atoms with van der Waals surface area (Å²) in [6.45, 7) is 0. The maximum atomic E-state index is 13.3. The number of fused-ring (bicyclic) bond motifs is 1. The summed E-state index contributed by atoms with van der Waals surface area (Å²) in [6.07, 6.45) is 1.56. The van der Waals surface area contributed by atoms with Crippen LogP contribution in [-0.2, 0) is 5.75 Å². The number of carbonyl (C=O) groups is 1. The number of phenols is 1. The second kappa shape index (κ2) is 7.95. The standard InChI is InChI=1S/C22H15N3O2S2/c23-11-16-18(24)21(29-22(16)28-12-13-5-2-1-3-6-13)20(27)15-8-9-17(26)19-14(15)7-4-10-25-19/h1-10,26H,12,24H2. The number of pyridine rings is 1. The maximum Gasteiger partial charge on any atom is 0.205 e. The lowest BCUT2D eigenvalue weighted by molar-refractivity contribution is 0.104. The molecule has 2 aromatic heterocycles. The van der Waals surface area contributed by atoms with Gasteiger partial charge < -0.3 is 10.8 Å². The Morgan fingerprint density at radius 2 is 1.97 bits per heavy atom. The molecular weight excluding hydrogens is 402 g/mol. The van der Waals surface area contributed by atoms with Gasteiger partial charge in [-0.1, -0.05) is 36.4 Å². The molecule has 5 nitrogen and oxygen atoms in total. The number of thioether (sulfide) groups is 1. The average Bonchev–Trinajstić information content (AvgIpc) is 3.08. The second-order valence-corrected chi connectivity index (χ2v) is 8.52. The van der Waals surface area contributed by atoms with Crippen LogP contribution in [0.1, 0.15) is 26.4 Å². The lowest BCUT2D eigenvalue weighted by atomic mass is 10.0. The SMILES string of the molecule is N#Cc1c(SCc2ccccc2)sc(C(=O)c2ccc(O)c3ncccc23)c1N. The highest BCUT2D eigenvalue weighted by molar-refractivity contribution is 8.00. The number of nitrogen functional groups attached to an aromatic ring is 1. The number of nitriles is 1. The van der Waals surface area contributed by atoms with E-state index in [0.717, 1.165) is 9.77 Å². The highest BCUT2D eigenvalue weighted by Gasteiger charge is 2.24. The smallest absolute Gasteiger partial charge is 0.205 e. The number of benzene rings is 2. The van der Waals surface area contributed by atoms with Crippen LogP contribution in [0.4, 0.5) is 5.69 Å². The predicted octanol–water partition coefficient (Wildman–Crippen LogP) is 4.98. The van der Waals surface area contributed by atoms with Gasteiger partial charge in [-0.05, 0) is 23.8 Å². The van der Waals surface area contributed by atoms with E-state index >= 15 is 0 Å². The molecule has 4 aromatic rings. The summed E-state index contributed by atoms with van der Waals surface area (Å²) in [6, 6.07) is 18.5. The molecule has 0 saturated heterocycles. The van der Waals surface area contributed by atoms with Gasteiger partial charge in [-0.2, -0.15) is 5.26 Å². The van der Waals surface area contributed by atoms with Gasteiger partial charge in [0.25, 0.3) is 0 Å². The van der Waals surface area contributed by atoms with Gasteiger partial charge in [-0.25, -0.2) is 0 Å². The summed E-state index contributed by atoms with van der Waals surface area (Å²) in [5, 5.41) is 20.1. The Hall–Kier alpha value is -3.34. The zero-order valence-electron chi connectivity index (χ0n) is 15.1. The van der Waals surface area contributed by atoms with E-state index in [1.165, 1.54) is 29.2 Å². The molecule has 0 unspecified atom stereocenters. The fourth-order valence-corrected chi connectivity index (χ4v) is 5.31. The first-order valence-electron chi connectivity index (χ1n) is 8.70. The number of nitrogens with two attached hydrogens (primary N) is 1. The van der Waals surface area contributed by atoms with Crippen molar-refractivity contribution in [2.24, 2.45) is 0 Å². The van der Waals surface area contributed by atoms with Gasteiger partial charge in [-0.15, -0.1) is 23.1 Å². The largest absolute Gasteiger partial charge is 0.506 e. The summed E-state index contributed by atoms with van der Waals surface area (Å²) in [7, 11) is 0. The number of aromatic hydroxyl groups is 1. The quantitative estimate of drug-likeness (QED) is 0.351. The highest BCUT2D eigenvalue weighted by atomic mass is 32.2. The maximum absolute atomic E-state index is 13.3. The van der Waals surface area contributed by atoms with Crippen LogP contribution in [0.25, 0.3) is 10.9 Å². The molecule has 2 heterocycles. The molecule has 0 atom stereocenters. The Kier molecular flexibility index (Phi) is 5.21. The zero-order chi connectivity index (χ0) is 20.4. The zero-order valence-corrected chi connectivity index (χ0v) is 16.8. The molecular formula is C22H15N3O2S2. The molecule has 0 aliphatic heterocycles. The van der Waals surface area contributed by atoms with Crippen LogP contribution in [0.15, 0.2) is 65.0 Å². The summed E-state index contributed by atoms with van der Waals surface area (Å²) in [4.78, 5) is 17.7. The van der Waals surface area contributed by atoms with Crippen molar-refractivity contribution in [2.75, 3.05) is 5.73 Å². The molecule has 0 radical (unpaired) electrons. The van der Waals surface area contributed by atoms with Crippen molar-refractivity contribution in [1.29, 1.82) is 5.26 Å². The van der Waals surface area contributed by atoms with E-state index in [1.807, 2.05) is 30.3 Å². The van der Waals surface area contributed by atoms with Gasteiger partial charge in [0.15, 0.2) is 0 Å². The van der Waals surface area contributed by atoms with Crippen LogP contribution < -0.4 is 5.73 Å². The summed E-state index contributed by atoms with van der Waals surface area (Å²) < 4.78 is 0.721. The summed E-state index contributed by atoms with van der Waals surface area (Å²) >= 11 is 2.72. The van der Waals surface area contributed by atoms with E-state index in [-0.39, 0.29) is 17.2 Å². The monoisotopic (exact) mass is 417 g/mol. The number of thiophene rings is 1. The number of hydrogen-bond donors (Lipinski definition) is 2. The summed E-state index contributed by atoms with van der Waals surface area (Å²) in [5.74, 6) is 0.400. The fourth-order valence-electron chi connectivity index (χ4n) is 3.00. The first-order valence-corrected chi connectivity index (χ1v) is 10.5. The third-order valence-corrected chi connectivity index (χ3v) is 6.98. The molecule has 0 aliphatic rings. The van der Waals surface area contributed by atoms with Gasteiger partial charge in [0.05, 0.1) is 9.90 Å². The number of anilines is 1. The number of rotatable bonds is 5. The predicted molar refractivity (Wildman–Crippen MR) is 116 cm³/mol. The lowest BCUT2D eigenvalue weighted by Crippen LogP contribution is -2.04. The van der Waals surface area contributed by atoms with Crippen LogP contribution in [0.2, 0.25) is 0 Å². The van der Waals surface area contributed by atoms with E-state index in [4.69, 9.17) is 5.73 Å². The molecule has 0 bridgehead atoms. The Balaban J connectivity index is 1.72. The van der Waals surface area contributed by atoms with Gasteiger partial charge in [0.2, 0.25) is 5.78 Å². The van der Waals surface area contributed by atoms with Crippen LogP contribution in [0, 0.1) is 11.3 Å². The molecule has 0 spiro atoms. The normalized spacial score (nSPS) is 10.7. The van der Waals surface area contributed by atoms with Crippen molar-refractivity contribution in [3.05, 3.63) is 82.4 Å². The van der Waals surface area contributed by atoms with Crippen molar-refractivity contribution >= 4 is 45.5 Å². The van der Waals surface area contributed by atoms with Crippen molar-refractivity contribution in [3.63, 3.8) is 0 Å². The topological polar surface area (TPSA) is 100 Å². The van der Waals surface area contributed by atoms with Gasteiger partial charge >= 0.3 is 0 Å². The fraction of sp³-hybridized carbons (Fsp3) is 0.0455. The molecule has 7 heteroatoms. The van der Waals surface area contributed by atoms with Crippen LogP contribution in [0.3, 0.4) is 0 Å². The second-order valence-electron chi connectivity index (χ2n) is 6.25. The van der Waals surface area contributed by atoms with Crippen LogP contribution >= 0.6 is 23.1 Å². The average molecular weight is 418 g/mol. The molecule has 0 saturated carbocycles. The molecule has 0 aliphatic carbocycles. The van der Waals surface area contributed by atoms with E-state index in [0.29, 0.717) is 32.7 Å². The minimum Gasteiger partial charge on any atom is -0.506 e.